The number of anilines is 1. The van der Waals surface area contributed by atoms with Crippen molar-refractivity contribution in [3.05, 3.63) is 68.7 Å². The van der Waals surface area contributed by atoms with Crippen LogP contribution in [0.3, 0.4) is 0 Å². The zero-order chi connectivity index (χ0) is 22.8. The molecule has 2 heterocycles. The van der Waals surface area contributed by atoms with Crippen LogP contribution in [0, 0.1) is 17.0 Å². The maximum Gasteiger partial charge on any atom is 0.270 e. The van der Waals surface area contributed by atoms with Crippen LogP contribution in [0.25, 0.3) is 10.6 Å². The summed E-state index contributed by atoms with van der Waals surface area (Å²) in [6.07, 6.45) is 1.14. The number of halogens is 1. The van der Waals surface area contributed by atoms with Gasteiger partial charge in [-0.15, -0.1) is 10.2 Å². The number of hydrogen-bond donors (Lipinski definition) is 1. The van der Waals surface area contributed by atoms with Crippen molar-refractivity contribution in [1.82, 2.24) is 15.1 Å². The number of nitro benzene ring substituents is 1. The van der Waals surface area contributed by atoms with Crippen LogP contribution in [0.15, 0.2) is 42.5 Å². The molecule has 1 saturated heterocycles. The molecule has 1 aromatic heterocycles. The molecule has 1 N–H and O–H groups in total. The molecule has 0 aliphatic carbocycles. The molecule has 11 heteroatoms. The van der Waals surface area contributed by atoms with Crippen LogP contribution in [0.5, 0.6) is 0 Å². The minimum absolute atomic E-state index is 0.0258. The lowest BCUT2D eigenvalue weighted by atomic mass is 10.1. The number of nitrogens with one attached hydrogen (secondary N) is 1. The van der Waals surface area contributed by atoms with Crippen LogP contribution in [0.2, 0.25) is 5.02 Å². The maximum atomic E-state index is 13.0. The monoisotopic (exact) mass is 471 g/mol. The average Bonchev–Trinajstić information content (AvgIpc) is 3.43. The van der Waals surface area contributed by atoms with Crippen molar-refractivity contribution in [2.75, 3.05) is 11.9 Å². The highest BCUT2D eigenvalue weighted by molar-refractivity contribution is 7.18. The summed E-state index contributed by atoms with van der Waals surface area (Å²) in [5.41, 5.74) is 1.95. The number of likely N-dealkylation sites (tertiary alicyclic amines) is 1. The summed E-state index contributed by atoms with van der Waals surface area (Å²) >= 11 is 7.35. The number of aryl methyl sites for hydroxylation is 1. The summed E-state index contributed by atoms with van der Waals surface area (Å²) in [4.78, 5) is 37.6. The Labute approximate surface area is 192 Å². The molecule has 1 aliphatic rings. The molecule has 0 bridgehead atoms. The summed E-state index contributed by atoms with van der Waals surface area (Å²) in [5, 5.41) is 22.8. The van der Waals surface area contributed by atoms with E-state index in [9.17, 15) is 19.7 Å². The number of benzene rings is 2. The second-order valence-electron chi connectivity index (χ2n) is 7.35. The molecule has 0 spiro atoms. The Morgan fingerprint density at radius 2 is 1.97 bits per heavy atom. The van der Waals surface area contributed by atoms with Crippen LogP contribution in [0.1, 0.15) is 28.8 Å². The first-order chi connectivity index (χ1) is 15.3. The van der Waals surface area contributed by atoms with Gasteiger partial charge in [0.2, 0.25) is 11.0 Å². The summed E-state index contributed by atoms with van der Waals surface area (Å²) < 4.78 is 0. The standard InChI is InChI=1S/C21H18ClN5O4S/c1-12-4-6-13(7-5-12)19-24-25-21(32-19)23-18(28)17-3-2-10-26(17)20(29)15-9-8-14(27(30)31)11-16(15)22/h4-9,11,17H,2-3,10H2,1H3,(H,23,25,28). The Kier molecular flexibility index (Phi) is 6.15. The van der Waals surface area contributed by atoms with E-state index in [0.717, 1.165) is 17.2 Å². The Bertz CT molecular complexity index is 1200. The molecule has 3 aromatic rings. The zero-order valence-electron chi connectivity index (χ0n) is 16.9. The molecule has 1 unspecified atom stereocenters. The van der Waals surface area contributed by atoms with Gasteiger partial charge >= 0.3 is 0 Å². The highest BCUT2D eigenvalue weighted by Gasteiger charge is 2.36. The van der Waals surface area contributed by atoms with Crippen LogP contribution in [0.4, 0.5) is 10.8 Å². The van der Waals surface area contributed by atoms with Crippen LogP contribution >= 0.6 is 22.9 Å². The minimum atomic E-state index is -0.694. The van der Waals surface area contributed by atoms with E-state index >= 15 is 0 Å². The molecule has 2 amide bonds. The molecule has 0 saturated carbocycles. The van der Waals surface area contributed by atoms with Gasteiger partial charge in [-0.1, -0.05) is 52.8 Å². The number of carbonyl (C=O) groups excluding carboxylic acids is 2. The lowest BCUT2D eigenvalue weighted by molar-refractivity contribution is -0.384. The highest BCUT2D eigenvalue weighted by Crippen LogP contribution is 2.29. The van der Waals surface area contributed by atoms with Gasteiger partial charge in [-0.3, -0.25) is 25.0 Å². The second-order valence-corrected chi connectivity index (χ2v) is 8.73. The molecule has 1 atom stereocenters. The van der Waals surface area contributed by atoms with Crippen molar-refractivity contribution in [2.24, 2.45) is 0 Å². The number of rotatable bonds is 5. The van der Waals surface area contributed by atoms with Crippen molar-refractivity contribution in [2.45, 2.75) is 25.8 Å². The largest absolute Gasteiger partial charge is 0.327 e. The quantitative estimate of drug-likeness (QED) is 0.437. The number of aromatic nitrogens is 2. The topological polar surface area (TPSA) is 118 Å². The molecule has 164 valence electrons. The lowest BCUT2D eigenvalue weighted by Gasteiger charge is -2.23. The van der Waals surface area contributed by atoms with Gasteiger partial charge < -0.3 is 4.90 Å². The van der Waals surface area contributed by atoms with Gasteiger partial charge in [0.05, 0.1) is 15.5 Å². The Hall–Kier alpha value is -3.37. The van der Waals surface area contributed by atoms with E-state index in [2.05, 4.69) is 15.5 Å². The molecule has 2 aromatic carbocycles. The van der Waals surface area contributed by atoms with E-state index in [1.807, 2.05) is 31.2 Å². The van der Waals surface area contributed by atoms with Crippen molar-refractivity contribution in [3.8, 4) is 10.6 Å². The molecule has 1 fully saturated rings. The van der Waals surface area contributed by atoms with E-state index < -0.39 is 16.9 Å². The minimum Gasteiger partial charge on any atom is -0.327 e. The fraction of sp³-hybridized carbons (Fsp3) is 0.238. The predicted molar refractivity (Wildman–Crippen MR) is 121 cm³/mol. The van der Waals surface area contributed by atoms with Gasteiger partial charge in [0.15, 0.2) is 0 Å². The summed E-state index contributed by atoms with van der Waals surface area (Å²) in [6.45, 7) is 2.38. The third-order valence-corrected chi connectivity index (χ3v) is 6.36. The van der Waals surface area contributed by atoms with Gasteiger partial charge in [-0.05, 0) is 25.8 Å². The van der Waals surface area contributed by atoms with Crippen molar-refractivity contribution < 1.29 is 14.5 Å². The zero-order valence-corrected chi connectivity index (χ0v) is 18.5. The first-order valence-electron chi connectivity index (χ1n) is 9.80. The third kappa shape index (κ3) is 4.46. The van der Waals surface area contributed by atoms with Crippen molar-refractivity contribution >= 4 is 45.6 Å². The van der Waals surface area contributed by atoms with Crippen LogP contribution in [-0.2, 0) is 4.79 Å². The van der Waals surface area contributed by atoms with E-state index in [-0.39, 0.29) is 22.2 Å². The fourth-order valence-electron chi connectivity index (χ4n) is 3.50. The predicted octanol–water partition coefficient (Wildman–Crippen LogP) is 4.32. The molecular weight excluding hydrogens is 454 g/mol. The van der Waals surface area contributed by atoms with Gasteiger partial charge in [0.1, 0.15) is 11.0 Å². The number of nitro groups is 1. The fourth-order valence-corrected chi connectivity index (χ4v) is 4.51. The van der Waals surface area contributed by atoms with Gasteiger partial charge in [0.25, 0.3) is 11.6 Å². The SMILES string of the molecule is Cc1ccc(-c2nnc(NC(=O)C3CCCN3C(=O)c3ccc([N+](=O)[O-])cc3Cl)s2)cc1. The molecule has 0 radical (unpaired) electrons. The third-order valence-electron chi connectivity index (χ3n) is 5.16. The Balaban J connectivity index is 1.48. The number of amides is 2. The average molecular weight is 472 g/mol. The molecule has 1 aliphatic heterocycles. The summed E-state index contributed by atoms with van der Waals surface area (Å²) in [6, 6.07) is 10.8. The van der Waals surface area contributed by atoms with E-state index in [4.69, 9.17) is 11.6 Å². The number of nitrogens with zero attached hydrogens (tertiary/aromatic N) is 4. The van der Waals surface area contributed by atoms with E-state index in [1.165, 1.54) is 28.4 Å². The van der Waals surface area contributed by atoms with E-state index in [1.54, 1.807) is 0 Å². The normalized spacial score (nSPS) is 15.6. The van der Waals surface area contributed by atoms with Gasteiger partial charge in [-0.2, -0.15) is 0 Å². The van der Waals surface area contributed by atoms with Crippen molar-refractivity contribution in [3.63, 3.8) is 0 Å². The first kappa shape index (κ1) is 21.8. The first-order valence-corrected chi connectivity index (χ1v) is 11.0. The second kappa shape index (κ2) is 9.01. The van der Waals surface area contributed by atoms with Crippen LogP contribution < -0.4 is 5.32 Å². The number of non-ortho nitro benzene ring substituents is 1. The van der Waals surface area contributed by atoms with Crippen molar-refractivity contribution in [1.29, 1.82) is 0 Å². The molecule has 4 rings (SSSR count). The maximum absolute atomic E-state index is 13.0. The molecule has 32 heavy (non-hydrogen) atoms. The summed E-state index contributed by atoms with van der Waals surface area (Å²) in [5.74, 6) is -0.805. The Morgan fingerprint density at radius 1 is 1.22 bits per heavy atom. The van der Waals surface area contributed by atoms with Gasteiger partial charge in [-0.25, -0.2) is 0 Å². The smallest absolute Gasteiger partial charge is 0.270 e. The van der Waals surface area contributed by atoms with Crippen LogP contribution in [-0.4, -0.2) is 44.4 Å². The van der Waals surface area contributed by atoms with Gasteiger partial charge in [0, 0.05) is 24.2 Å². The lowest BCUT2D eigenvalue weighted by Crippen LogP contribution is -2.43. The number of hydrogen-bond acceptors (Lipinski definition) is 7. The number of carbonyl (C=O) groups is 2. The summed E-state index contributed by atoms with van der Waals surface area (Å²) in [7, 11) is 0. The Morgan fingerprint density at radius 3 is 2.66 bits per heavy atom. The molecule has 9 nitrogen and oxygen atoms in total. The molecular formula is C21H18ClN5O4S. The van der Waals surface area contributed by atoms with E-state index in [0.29, 0.717) is 29.5 Å². The highest BCUT2D eigenvalue weighted by atomic mass is 35.5.